The predicted octanol–water partition coefficient (Wildman–Crippen LogP) is -0.441. The highest BCUT2D eigenvalue weighted by Crippen LogP contribution is 2.13. The smallest absolute Gasteiger partial charge is 0.329 e. The van der Waals surface area contributed by atoms with Gasteiger partial charge in [-0.15, -0.1) is 0 Å². The molecule has 1 aliphatic rings. The molecule has 0 aromatic carbocycles. The van der Waals surface area contributed by atoms with Crippen LogP contribution in [0.3, 0.4) is 0 Å². The third-order valence-corrected chi connectivity index (χ3v) is 2.81. The summed E-state index contributed by atoms with van der Waals surface area (Å²) in [6.45, 7) is 2.36. The number of aliphatic hydroxyl groups is 1. The maximum absolute atomic E-state index is 10.3. The quantitative estimate of drug-likeness (QED) is 0.635. The van der Waals surface area contributed by atoms with Crippen LogP contribution < -0.4 is 0 Å². The van der Waals surface area contributed by atoms with E-state index in [4.69, 9.17) is 14.6 Å². The Morgan fingerprint density at radius 3 is 2.65 bits per heavy atom. The number of hydrogen-bond donors (Lipinski definition) is 2. The van der Waals surface area contributed by atoms with Crippen molar-refractivity contribution < 1.29 is 24.5 Å². The van der Waals surface area contributed by atoms with E-state index >= 15 is 0 Å². The Kier molecular flexibility index (Phi) is 6.43. The summed E-state index contributed by atoms with van der Waals surface area (Å²) in [4.78, 5) is 12.5. The van der Waals surface area contributed by atoms with Crippen molar-refractivity contribution >= 4 is 5.97 Å². The Labute approximate surface area is 101 Å². The number of aliphatic carboxylic acids is 1. The van der Waals surface area contributed by atoms with Gasteiger partial charge < -0.3 is 24.6 Å². The number of ether oxygens (including phenoxy) is 2. The van der Waals surface area contributed by atoms with Crippen molar-refractivity contribution in [2.45, 2.75) is 25.0 Å². The summed E-state index contributed by atoms with van der Waals surface area (Å²) in [5.41, 5.74) is 0. The summed E-state index contributed by atoms with van der Waals surface area (Å²) in [5.74, 6) is -0.928. The van der Waals surface area contributed by atoms with Crippen LogP contribution in [0.25, 0.3) is 0 Å². The van der Waals surface area contributed by atoms with Crippen LogP contribution >= 0.6 is 0 Å². The lowest BCUT2D eigenvalue weighted by molar-refractivity contribution is -0.145. The molecule has 1 unspecified atom stereocenters. The molecule has 2 N–H and O–H groups in total. The molecule has 0 amide bonds. The molecule has 6 heteroatoms. The average Bonchev–Trinajstić information content (AvgIpc) is 2.28. The normalized spacial score (nSPS) is 20.4. The fourth-order valence-corrected chi connectivity index (χ4v) is 1.99. The monoisotopic (exact) mass is 247 g/mol. The first-order valence-electron chi connectivity index (χ1n) is 5.84. The van der Waals surface area contributed by atoms with Gasteiger partial charge in [-0.1, -0.05) is 0 Å². The summed E-state index contributed by atoms with van der Waals surface area (Å²) in [5, 5.41) is 18.1. The number of methoxy groups -OCH3 is 1. The van der Waals surface area contributed by atoms with Crippen molar-refractivity contribution in [3.8, 4) is 0 Å². The molecule has 0 spiro atoms. The van der Waals surface area contributed by atoms with E-state index in [0.29, 0.717) is 13.2 Å². The zero-order valence-electron chi connectivity index (χ0n) is 10.2. The average molecular weight is 247 g/mol. The van der Waals surface area contributed by atoms with Crippen molar-refractivity contribution in [3.05, 3.63) is 0 Å². The van der Waals surface area contributed by atoms with Gasteiger partial charge in [-0.25, -0.2) is 4.79 Å². The molecule has 0 aromatic heterocycles. The lowest BCUT2D eigenvalue weighted by Crippen LogP contribution is -2.42. The highest BCUT2D eigenvalue weighted by Gasteiger charge is 2.21. The number of rotatable bonds is 7. The minimum atomic E-state index is -0.928. The second kappa shape index (κ2) is 7.60. The minimum Gasteiger partial charge on any atom is -0.480 e. The molecule has 0 saturated carbocycles. The Morgan fingerprint density at radius 2 is 2.12 bits per heavy atom. The molecular formula is C11H21NO5. The van der Waals surface area contributed by atoms with E-state index in [1.165, 1.54) is 0 Å². The Hall–Kier alpha value is -0.690. The van der Waals surface area contributed by atoms with Crippen LogP contribution in [0.15, 0.2) is 0 Å². The topological polar surface area (TPSA) is 79.2 Å². The van der Waals surface area contributed by atoms with Crippen LogP contribution in [0, 0.1) is 0 Å². The minimum absolute atomic E-state index is 0.0296. The first kappa shape index (κ1) is 14.4. The van der Waals surface area contributed by atoms with Gasteiger partial charge in [-0.3, -0.25) is 0 Å². The van der Waals surface area contributed by atoms with Crippen LogP contribution in [0.4, 0.5) is 0 Å². The number of carbonyl (C=O) groups is 1. The van der Waals surface area contributed by atoms with Crippen LogP contribution in [-0.4, -0.2) is 73.2 Å². The molecule has 0 radical (unpaired) electrons. The summed E-state index contributed by atoms with van der Waals surface area (Å²) in [6.07, 6.45) is 1.19. The molecule has 0 aliphatic carbocycles. The van der Waals surface area contributed by atoms with E-state index in [9.17, 15) is 9.90 Å². The van der Waals surface area contributed by atoms with Crippen molar-refractivity contribution in [2.75, 3.05) is 40.0 Å². The highest BCUT2D eigenvalue weighted by molar-refractivity contribution is 5.68. The third kappa shape index (κ3) is 5.97. The molecule has 0 bridgehead atoms. The standard InChI is InChI=1S/C11H21NO5/c1-16-7-9(13)6-12-4-2-10(3-5-12)17-8-11(14)15/h9-10,13H,2-8H2,1H3,(H,14,15). The number of β-amino-alcohol motifs (C(OH)–C–C–N with tert-alkyl or cyclic N) is 1. The van der Waals surface area contributed by atoms with E-state index in [1.807, 2.05) is 0 Å². The first-order chi connectivity index (χ1) is 8.11. The molecule has 1 heterocycles. The molecule has 1 aliphatic heterocycles. The number of aliphatic hydroxyl groups excluding tert-OH is 1. The predicted molar refractivity (Wildman–Crippen MR) is 60.9 cm³/mol. The van der Waals surface area contributed by atoms with E-state index < -0.39 is 12.1 Å². The zero-order valence-corrected chi connectivity index (χ0v) is 10.2. The van der Waals surface area contributed by atoms with Gasteiger partial charge >= 0.3 is 5.97 Å². The van der Waals surface area contributed by atoms with Gasteiger partial charge in [0.25, 0.3) is 0 Å². The number of carboxylic acid groups (broad SMARTS) is 1. The van der Waals surface area contributed by atoms with Gasteiger partial charge in [0, 0.05) is 26.7 Å². The highest BCUT2D eigenvalue weighted by atomic mass is 16.5. The van der Waals surface area contributed by atoms with E-state index in [1.54, 1.807) is 7.11 Å². The summed E-state index contributed by atoms with van der Waals surface area (Å²) in [6, 6.07) is 0. The SMILES string of the molecule is COCC(O)CN1CCC(OCC(=O)O)CC1. The number of piperidine rings is 1. The second-order valence-corrected chi connectivity index (χ2v) is 4.31. The number of nitrogens with zero attached hydrogens (tertiary/aromatic N) is 1. The third-order valence-electron chi connectivity index (χ3n) is 2.81. The van der Waals surface area contributed by atoms with Crippen molar-refractivity contribution in [1.82, 2.24) is 4.90 Å². The van der Waals surface area contributed by atoms with Gasteiger partial charge in [-0.05, 0) is 12.8 Å². The number of likely N-dealkylation sites (tertiary alicyclic amines) is 1. The van der Waals surface area contributed by atoms with Crippen molar-refractivity contribution in [2.24, 2.45) is 0 Å². The summed E-state index contributed by atoms with van der Waals surface area (Å²) >= 11 is 0. The molecule has 0 aromatic rings. The van der Waals surface area contributed by atoms with Crippen LogP contribution in [0.2, 0.25) is 0 Å². The lowest BCUT2D eigenvalue weighted by atomic mass is 10.1. The van der Waals surface area contributed by atoms with Gasteiger partial charge in [0.15, 0.2) is 0 Å². The summed E-state index contributed by atoms with van der Waals surface area (Å²) < 4.78 is 10.1. The molecule has 1 fully saturated rings. The maximum Gasteiger partial charge on any atom is 0.329 e. The molecule has 1 rings (SSSR count). The van der Waals surface area contributed by atoms with Crippen LogP contribution in [0.5, 0.6) is 0 Å². The van der Waals surface area contributed by atoms with Crippen LogP contribution in [-0.2, 0) is 14.3 Å². The van der Waals surface area contributed by atoms with Gasteiger partial charge in [0.05, 0.1) is 18.8 Å². The van der Waals surface area contributed by atoms with Crippen LogP contribution in [0.1, 0.15) is 12.8 Å². The Morgan fingerprint density at radius 1 is 1.47 bits per heavy atom. The molecule has 1 saturated heterocycles. The molecular weight excluding hydrogens is 226 g/mol. The lowest BCUT2D eigenvalue weighted by Gasteiger charge is -2.32. The van der Waals surface area contributed by atoms with E-state index in [0.717, 1.165) is 25.9 Å². The number of carboxylic acids is 1. The number of hydrogen-bond acceptors (Lipinski definition) is 5. The first-order valence-corrected chi connectivity index (χ1v) is 5.84. The van der Waals surface area contributed by atoms with Crippen molar-refractivity contribution in [3.63, 3.8) is 0 Å². The summed E-state index contributed by atoms with van der Waals surface area (Å²) in [7, 11) is 1.56. The largest absolute Gasteiger partial charge is 0.480 e. The van der Waals surface area contributed by atoms with E-state index in [-0.39, 0.29) is 12.7 Å². The zero-order chi connectivity index (χ0) is 12.7. The molecule has 100 valence electrons. The van der Waals surface area contributed by atoms with Gasteiger partial charge in [0.1, 0.15) is 6.61 Å². The van der Waals surface area contributed by atoms with Gasteiger partial charge in [0.2, 0.25) is 0 Å². The molecule has 1 atom stereocenters. The fourth-order valence-electron chi connectivity index (χ4n) is 1.99. The fraction of sp³-hybridized carbons (Fsp3) is 0.909. The maximum atomic E-state index is 10.3. The molecule has 6 nitrogen and oxygen atoms in total. The Bertz CT molecular complexity index is 228. The van der Waals surface area contributed by atoms with Crippen molar-refractivity contribution in [1.29, 1.82) is 0 Å². The van der Waals surface area contributed by atoms with Gasteiger partial charge in [-0.2, -0.15) is 0 Å². The molecule has 17 heavy (non-hydrogen) atoms. The second-order valence-electron chi connectivity index (χ2n) is 4.31. The Balaban J connectivity index is 2.14. The van der Waals surface area contributed by atoms with E-state index in [2.05, 4.69) is 4.90 Å².